The molecule has 3 aromatic rings. The van der Waals surface area contributed by atoms with Crippen molar-refractivity contribution in [2.45, 2.75) is 39.7 Å². The van der Waals surface area contributed by atoms with Crippen molar-refractivity contribution in [3.63, 3.8) is 0 Å². The van der Waals surface area contributed by atoms with Crippen LogP contribution in [0.1, 0.15) is 29.2 Å². The van der Waals surface area contributed by atoms with Gasteiger partial charge in [0.15, 0.2) is 13.1 Å². The average Bonchev–Trinajstić information content (AvgIpc) is 2.78. The van der Waals surface area contributed by atoms with Crippen molar-refractivity contribution in [3.8, 4) is 11.1 Å². The van der Waals surface area contributed by atoms with Crippen LogP contribution in [0.15, 0.2) is 66.7 Å². The molecule has 0 amide bonds. The monoisotopic (exact) mass is 403 g/mol. The highest BCUT2D eigenvalue weighted by Gasteiger charge is 2.19. The number of hydrogen-bond donors (Lipinski definition) is 1. The van der Waals surface area contributed by atoms with Crippen molar-refractivity contribution in [2.75, 3.05) is 18.2 Å². The van der Waals surface area contributed by atoms with Crippen LogP contribution in [0.5, 0.6) is 0 Å². The van der Waals surface area contributed by atoms with Gasteiger partial charge in [-0.25, -0.2) is 0 Å². The molecule has 4 heteroatoms. The number of benzene rings is 3. The van der Waals surface area contributed by atoms with Gasteiger partial charge in [0, 0.05) is 18.8 Å². The number of ether oxygens (including phenoxy) is 2. The topological polar surface area (TPSA) is 41.9 Å². The number of hydrogen-bond acceptors (Lipinski definition) is 4. The summed E-state index contributed by atoms with van der Waals surface area (Å²) in [7, 11) is 0. The SMILES string of the molecule is CC1OCO1.Cc1c(-c2ccccc2)cccc1N1CCc2cc(CO)ccc2C1. The minimum atomic E-state index is 0.0648. The largest absolute Gasteiger partial charge is 0.392 e. The van der Waals surface area contributed by atoms with Gasteiger partial charge in [0.05, 0.1) is 6.61 Å². The van der Waals surface area contributed by atoms with E-state index < -0.39 is 0 Å². The highest BCUT2D eigenvalue weighted by molar-refractivity contribution is 5.74. The Kier molecular flexibility index (Phi) is 6.48. The zero-order valence-electron chi connectivity index (χ0n) is 17.7. The van der Waals surface area contributed by atoms with E-state index >= 15 is 0 Å². The molecule has 0 bridgehead atoms. The molecule has 156 valence electrons. The molecule has 4 nitrogen and oxygen atoms in total. The minimum absolute atomic E-state index is 0.0648. The quantitative estimate of drug-likeness (QED) is 0.664. The average molecular weight is 404 g/mol. The summed E-state index contributed by atoms with van der Waals surface area (Å²) in [5.41, 5.74) is 8.98. The van der Waals surface area contributed by atoms with E-state index in [0.717, 1.165) is 25.1 Å². The number of anilines is 1. The third-order valence-electron chi connectivity index (χ3n) is 5.80. The maximum Gasteiger partial charge on any atom is 0.160 e. The van der Waals surface area contributed by atoms with Gasteiger partial charge in [-0.2, -0.15) is 0 Å². The number of nitrogens with zero attached hydrogens (tertiary/aromatic N) is 1. The lowest BCUT2D eigenvalue weighted by Crippen LogP contribution is -2.31. The Morgan fingerprint density at radius 1 is 0.967 bits per heavy atom. The Hall–Kier alpha value is -2.66. The second-order valence-corrected chi connectivity index (χ2v) is 7.77. The van der Waals surface area contributed by atoms with Gasteiger partial charge in [-0.05, 0) is 59.7 Å². The lowest BCUT2D eigenvalue weighted by molar-refractivity contribution is -0.311. The predicted octanol–water partition coefficient (Wildman–Crippen LogP) is 5.05. The normalized spacial score (nSPS) is 15.6. The zero-order valence-corrected chi connectivity index (χ0v) is 17.7. The van der Waals surface area contributed by atoms with Crippen LogP contribution in [0.4, 0.5) is 5.69 Å². The standard InChI is InChI=1S/C23H23NO.C3H6O2/c1-17-22(19-6-3-2-4-7-19)8-5-9-23(17)24-13-12-20-14-18(16-25)10-11-21(20)15-24;1-3-4-2-5-3/h2-11,14,25H,12-13,15-16H2,1H3;3H,2H2,1H3. The van der Waals surface area contributed by atoms with Crippen molar-refractivity contribution in [2.24, 2.45) is 0 Å². The third-order valence-corrected chi connectivity index (χ3v) is 5.80. The molecule has 2 aliphatic heterocycles. The second kappa shape index (κ2) is 9.43. The molecule has 0 aromatic heterocycles. The molecule has 0 radical (unpaired) electrons. The lowest BCUT2D eigenvalue weighted by atomic mass is 9.95. The maximum absolute atomic E-state index is 9.33. The molecular weight excluding hydrogens is 374 g/mol. The molecule has 1 saturated heterocycles. The van der Waals surface area contributed by atoms with E-state index in [9.17, 15) is 5.11 Å². The first-order chi connectivity index (χ1) is 14.7. The first-order valence-corrected chi connectivity index (χ1v) is 10.5. The van der Waals surface area contributed by atoms with Crippen LogP contribution < -0.4 is 4.90 Å². The molecule has 0 saturated carbocycles. The molecular formula is C26H29NO3. The van der Waals surface area contributed by atoms with E-state index in [-0.39, 0.29) is 12.9 Å². The molecule has 3 aromatic carbocycles. The van der Waals surface area contributed by atoms with E-state index in [4.69, 9.17) is 9.47 Å². The maximum atomic E-state index is 9.33. The van der Waals surface area contributed by atoms with Crippen molar-refractivity contribution in [1.29, 1.82) is 0 Å². The molecule has 0 aliphatic carbocycles. The zero-order chi connectivity index (χ0) is 20.9. The van der Waals surface area contributed by atoms with Crippen molar-refractivity contribution in [1.82, 2.24) is 0 Å². The fourth-order valence-electron chi connectivity index (χ4n) is 4.01. The Bertz CT molecular complexity index is 983. The van der Waals surface area contributed by atoms with Gasteiger partial charge < -0.3 is 19.5 Å². The predicted molar refractivity (Wildman–Crippen MR) is 120 cm³/mol. The van der Waals surface area contributed by atoms with Crippen LogP contribution in [0.3, 0.4) is 0 Å². The summed E-state index contributed by atoms with van der Waals surface area (Å²) in [5.74, 6) is 0. The summed E-state index contributed by atoms with van der Waals surface area (Å²) in [6.07, 6.45) is 1.09. The van der Waals surface area contributed by atoms with Crippen LogP contribution >= 0.6 is 0 Å². The highest BCUT2D eigenvalue weighted by Crippen LogP contribution is 2.33. The fourth-order valence-corrected chi connectivity index (χ4v) is 4.01. The van der Waals surface area contributed by atoms with Crippen LogP contribution in [0.2, 0.25) is 0 Å². The van der Waals surface area contributed by atoms with Gasteiger partial charge in [0.2, 0.25) is 0 Å². The van der Waals surface area contributed by atoms with Crippen LogP contribution in [-0.4, -0.2) is 24.7 Å². The van der Waals surface area contributed by atoms with Crippen molar-refractivity contribution in [3.05, 3.63) is 89.0 Å². The Balaban J connectivity index is 0.000000383. The lowest BCUT2D eigenvalue weighted by Gasteiger charge is -2.32. The van der Waals surface area contributed by atoms with Gasteiger partial charge in [-0.1, -0.05) is 60.7 Å². The molecule has 2 heterocycles. The van der Waals surface area contributed by atoms with Gasteiger partial charge in [-0.15, -0.1) is 0 Å². The molecule has 0 spiro atoms. The van der Waals surface area contributed by atoms with Crippen LogP contribution in [-0.2, 0) is 29.0 Å². The van der Waals surface area contributed by atoms with E-state index in [2.05, 4.69) is 72.5 Å². The van der Waals surface area contributed by atoms with Gasteiger partial charge in [0.25, 0.3) is 0 Å². The van der Waals surface area contributed by atoms with E-state index in [1.165, 1.54) is 33.5 Å². The third kappa shape index (κ3) is 4.57. The van der Waals surface area contributed by atoms with Crippen LogP contribution in [0, 0.1) is 6.92 Å². The van der Waals surface area contributed by atoms with E-state index in [0.29, 0.717) is 6.79 Å². The summed E-state index contributed by atoms with van der Waals surface area (Å²) in [6.45, 7) is 6.64. The molecule has 5 rings (SSSR count). The number of rotatable bonds is 3. The number of fused-ring (bicyclic) bond motifs is 1. The molecule has 0 unspecified atom stereocenters. The Labute approximate surface area is 178 Å². The number of aliphatic hydroxyl groups is 1. The molecule has 30 heavy (non-hydrogen) atoms. The minimum Gasteiger partial charge on any atom is -0.392 e. The Morgan fingerprint density at radius 3 is 2.40 bits per heavy atom. The first kappa shape index (κ1) is 20.6. The van der Waals surface area contributed by atoms with Gasteiger partial charge >= 0.3 is 0 Å². The molecule has 2 aliphatic rings. The number of aliphatic hydroxyl groups excluding tert-OH is 1. The molecule has 1 fully saturated rings. The molecule has 0 atom stereocenters. The summed E-state index contributed by atoms with van der Waals surface area (Å²) in [6, 6.07) is 23.6. The van der Waals surface area contributed by atoms with E-state index in [1.54, 1.807) is 0 Å². The van der Waals surface area contributed by atoms with E-state index in [1.807, 2.05) is 13.0 Å². The van der Waals surface area contributed by atoms with Gasteiger partial charge in [0.1, 0.15) is 0 Å². The smallest absolute Gasteiger partial charge is 0.160 e. The summed E-state index contributed by atoms with van der Waals surface area (Å²) >= 11 is 0. The summed E-state index contributed by atoms with van der Waals surface area (Å²) in [4.78, 5) is 2.47. The van der Waals surface area contributed by atoms with Crippen molar-refractivity contribution >= 4 is 5.69 Å². The van der Waals surface area contributed by atoms with Crippen LogP contribution in [0.25, 0.3) is 11.1 Å². The fraction of sp³-hybridized carbons (Fsp3) is 0.308. The second-order valence-electron chi connectivity index (χ2n) is 7.77. The highest BCUT2D eigenvalue weighted by atomic mass is 16.8. The van der Waals surface area contributed by atoms with Crippen molar-refractivity contribution < 1.29 is 14.6 Å². The summed E-state index contributed by atoms with van der Waals surface area (Å²) < 4.78 is 9.42. The molecule has 1 N–H and O–H groups in total. The first-order valence-electron chi connectivity index (χ1n) is 10.5. The summed E-state index contributed by atoms with van der Waals surface area (Å²) in [5, 5.41) is 9.33. The van der Waals surface area contributed by atoms with Gasteiger partial charge in [-0.3, -0.25) is 0 Å². The Morgan fingerprint density at radius 2 is 1.73 bits per heavy atom.